The summed E-state index contributed by atoms with van der Waals surface area (Å²) in [6.07, 6.45) is 11.8. The van der Waals surface area contributed by atoms with Crippen LogP contribution in [0.5, 0.6) is 5.75 Å². The topological polar surface area (TPSA) is 53.3 Å². The summed E-state index contributed by atoms with van der Waals surface area (Å²) < 4.78 is 6.29. The van der Waals surface area contributed by atoms with E-state index < -0.39 is 0 Å². The van der Waals surface area contributed by atoms with E-state index in [4.69, 9.17) is 4.74 Å². The average molecular weight is 417 g/mol. The second-order valence-electron chi connectivity index (χ2n) is 9.68. The summed E-state index contributed by atoms with van der Waals surface area (Å²) in [7, 11) is 0. The van der Waals surface area contributed by atoms with Gasteiger partial charge in [0.05, 0.1) is 6.10 Å². The van der Waals surface area contributed by atoms with E-state index in [1.165, 1.54) is 25.7 Å². The van der Waals surface area contributed by atoms with E-state index in [2.05, 4.69) is 17.9 Å². The zero-order chi connectivity index (χ0) is 21.4. The highest BCUT2D eigenvalue weighted by Crippen LogP contribution is 2.37. The fraction of sp³-hybridized carbons (Fsp3) is 0.556. The van der Waals surface area contributed by atoms with Crippen LogP contribution in [-0.4, -0.2) is 29.0 Å². The number of ether oxygens (including phenoxy) is 1. The molecule has 2 atom stereocenters. The number of hydrogen-bond acceptors (Lipinski definition) is 3. The molecule has 0 spiro atoms. The molecule has 2 saturated heterocycles. The van der Waals surface area contributed by atoms with E-state index in [1.54, 1.807) is 0 Å². The number of hydrogen-bond donors (Lipinski definition) is 0. The monoisotopic (exact) mass is 416 g/mol. The molecule has 3 fully saturated rings. The van der Waals surface area contributed by atoms with Gasteiger partial charge < -0.3 is 9.64 Å². The van der Waals surface area contributed by atoms with Gasteiger partial charge >= 0.3 is 0 Å². The molecular weight excluding hydrogens is 384 g/mol. The highest BCUT2D eigenvalue weighted by atomic mass is 16.5. The Morgan fingerprint density at radius 2 is 1.77 bits per heavy atom. The van der Waals surface area contributed by atoms with Crippen molar-refractivity contribution in [3.05, 3.63) is 41.5 Å². The Bertz CT molecular complexity index is 1000. The molecular formula is C27H32N2O2. The zero-order valence-corrected chi connectivity index (χ0v) is 18.5. The third-order valence-electron chi connectivity index (χ3n) is 7.93. The molecule has 2 unspecified atom stereocenters. The van der Waals surface area contributed by atoms with Gasteiger partial charge in [0.1, 0.15) is 17.4 Å². The maximum atomic E-state index is 13.3. The van der Waals surface area contributed by atoms with Gasteiger partial charge in [-0.15, -0.1) is 0 Å². The van der Waals surface area contributed by atoms with Crippen molar-refractivity contribution < 1.29 is 9.53 Å². The fourth-order valence-electron chi connectivity index (χ4n) is 6.09. The number of fused-ring (bicyclic) bond motifs is 3. The van der Waals surface area contributed by atoms with Gasteiger partial charge in [-0.2, -0.15) is 5.26 Å². The van der Waals surface area contributed by atoms with Crippen LogP contribution in [0.4, 0.5) is 0 Å². The summed E-state index contributed by atoms with van der Waals surface area (Å²) in [4.78, 5) is 15.4. The van der Waals surface area contributed by atoms with Crippen LogP contribution in [0.3, 0.4) is 0 Å². The zero-order valence-electron chi connectivity index (χ0n) is 18.5. The molecule has 0 N–H and O–H groups in total. The van der Waals surface area contributed by atoms with Crippen molar-refractivity contribution >= 4 is 16.7 Å². The van der Waals surface area contributed by atoms with Gasteiger partial charge in [0.2, 0.25) is 0 Å². The van der Waals surface area contributed by atoms with E-state index in [0.717, 1.165) is 60.8 Å². The lowest BCUT2D eigenvalue weighted by atomic mass is 9.86. The van der Waals surface area contributed by atoms with Gasteiger partial charge in [0.25, 0.3) is 5.91 Å². The maximum absolute atomic E-state index is 13.3. The van der Waals surface area contributed by atoms with Gasteiger partial charge in [-0.3, -0.25) is 4.79 Å². The summed E-state index contributed by atoms with van der Waals surface area (Å²) in [6.45, 7) is 2.26. The predicted octanol–water partition coefficient (Wildman–Crippen LogP) is 6.22. The normalized spacial score (nSPS) is 27.8. The Morgan fingerprint density at radius 3 is 2.45 bits per heavy atom. The van der Waals surface area contributed by atoms with Crippen molar-refractivity contribution in [2.75, 3.05) is 0 Å². The number of piperidine rings is 1. The molecule has 162 valence electrons. The van der Waals surface area contributed by atoms with Crippen molar-refractivity contribution in [2.45, 2.75) is 89.3 Å². The quantitative estimate of drug-likeness (QED) is 0.595. The molecule has 2 aromatic rings. The number of nitriles is 1. The highest BCUT2D eigenvalue weighted by molar-refractivity contribution is 6.00. The van der Waals surface area contributed by atoms with E-state index in [1.807, 2.05) is 30.3 Å². The molecule has 1 aliphatic carbocycles. The summed E-state index contributed by atoms with van der Waals surface area (Å²) >= 11 is 0. The largest absolute Gasteiger partial charge is 0.489 e. The number of amides is 1. The number of benzene rings is 2. The Balaban J connectivity index is 1.39. The Hall–Kier alpha value is -2.54. The Labute approximate surface area is 185 Å². The SMILES string of the molecule is CCC1CCC(Oc2ccc3cc(C(=O)N4C5CCCC4CC5)ccc3c2C#N)CC1. The van der Waals surface area contributed by atoms with E-state index in [0.29, 0.717) is 23.4 Å². The Morgan fingerprint density at radius 1 is 1.03 bits per heavy atom. The number of nitrogens with zero attached hydrogens (tertiary/aromatic N) is 2. The molecule has 2 aliphatic heterocycles. The van der Waals surface area contributed by atoms with Gasteiger partial charge in [0.15, 0.2) is 0 Å². The number of carbonyl (C=O) groups is 1. The van der Waals surface area contributed by atoms with Crippen LogP contribution in [-0.2, 0) is 0 Å². The van der Waals surface area contributed by atoms with Crippen molar-refractivity contribution in [1.29, 1.82) is 5.26 Å². The molecule has 2 aromatic carbocycles. The molecule has 3 aliphatic rings. The minimum atomic E-state index is 0.153. The van der Waals surface area contributed by atoms with Crippen molar-refractivity contribution in [2.24, 2.45) is 5.92 Å². The first-order valence-electron chi connectivity index (χ1n) is 12.1. The molecule has 1 amide bonds. The van der Waals surface area contributed by atoms with Gasteiger partial charge in [-0.1, -0.05) is 25.5 Å². The van der Waals surface area contributed by atoms with Crippen LogP contribution in [0, 0.1) is 17.2 Å². The third kappa shape index (κ3) is 3.80. The standard InChI is InChI=1S/C27H32N2O2/c1-2-18-6-12-23(13-7-18)31-26-15-9-19-16-20(8-14-24(19)25(26)17-28)27(30)29-21-4-3-5-22(29)11-10-21/h8-9,14-16,18,21-23H,2-7,10-13H2,1H3. The second-order valence-corrected chi connectivity index (χ2v) is 9.68. The van der Waals surface area contributed by atoms with Gasteiger partial charge in [-0.25, -0.2) is 0 Å². The van der Waals surface area contributed by atoms with Crippen molar-refractivity contribution in [3.8, 4) is 11.8 Å². The second kappa shape index (κ2) is 8.54. The van der Waals surface area contributed by atoms with Crippen LogP contribution < -0.4 is 4.74 Å². The van der Waals surface area contributed by atoms with E-state index in [-0.39, 0.29) is 12.0 Å². The maximum Gasteiger partial charge on any atom is 0.254 e. The Kier molecular flexibility index (Phi) is 5.61. The van der Waals surface area contributed by atoms with E-state index >= 15 is 0 Å². The summed E-state index contributed by atoms with van der Waals surface area (Å²) in [5.74, 6) is 1.65. The van der Waals surface area contributed by atoms with Gasteiger partial charge in [-0.05, 0) is 87.3 Å². The lowest BCUT2D eigenvalue weighted by molar-refractivity contribution is 0.0595. The first kappa shape index (κ1) is 20.4. The summed E-state index contributed by atoms with van der Waals surface area (Å²) in [5, 5.41) is 11.7. The number of rotatable bonds is 4. The smallest absolute Gasteiger partial charge is 0.254 e. The molecule has 2 heterocycles. The third-order valence-corrected chi connectivity index (χ3v) is 7.93. The lowest BCUT2D eigenvalue weighted by Gasteiger charge is -2.35. The van der Waals surface area contributed by atoms with Crippen molar-refractivity contribution in [3.63, 3.8) is 0 Å². The fourth-order valence-corrected chi connectivity index (χ4v) is 6.09. The van der Waals surface area contributed by atoms with Crippen LogP contribution in [0.15, 0.2) is 30.3 Å². The minimum absolute atomic E-state index is 0.153. The van der Waals surface area contributed by atoms with Crippen LogP contribution >= 0.6 is 0 Å². The predicted molar refractivity (Wildman–Crippen MR) is 122 cm³/mol. The van der Waals surface area contributed by atoms with Crippen LogP contribution in [0.2, 0.25) is 0 Å². The van der Waals surface area contributed by atoms with Crippen LogP contribution in [0.25, 0.3) is 10.8 Å². The molecule has 5 rings (SSSR count). The first-order chi connectivity index (χ1) is 15.2. The summed E-state index contributed by atoms with van der Waals surface area (Å²) in [5.41, 5.74) is 1.33. The first-order valence-corrected chi connectivity index (χ1v) is 12.1. The molecule has 2 bridgehead atoms. The molecule has 1 saturated carbocycles. The molecule has 0 radical (unpaired) electrons. The van der Waals surface area contributed by atoms with Crippen molar-refractivity contribution in [1.82, 2.24) is 4.90 Å². The lowest BCUT2D eigenvalue weighted by Crippen LogP contribution is -2.43. The molecule has 4 heteroatoms. The van der Waals surface area contributed by atoms with Gasteiger partial charge in [0, 0.05) is 23.0 Å². The average Bonchev–Trinajstić information content (AvgIpc) is 3.06. The van der Waals surface area contributed by atoms with Crippen LogP contribution in [0.1, 0.15) is 87.1 Å². The van der Waals surface area contributed by atoms with E-state index in [9.17, 15) is 10.1 Å². The molecule has 0 aromatic heterocycles. The highest BCUT2D eigenvalue weighted by Gasteiger charge is 2.39. The minimum Gasteiger partial charge on any atom is -0.489 e. The summed E-state index contributed by atoms with van der Waals surface area (Å²) in [6, 6.07) is 12.9. The molecule has 31 heavy (non-hydrogen) atoms. The number of carbonyl (C=O) groups excluding carboxylic acids is 1. The molecule has 4 nitrogen and oxygen atoms in total.